The minimum Gasteiger partial charge on any atom is -0.332 e. The molecule has 2 aromatic carbocycles. The van der Waals surface area contributed by atoms with Gasteiger partial charge in [-0.3, -0.25) is 9.59 Å². The van der Waals surface area contributed by atoms with Gasteiger partial charge in [-0.15, -0.1) is 0 Å². The summed E-state index contributed by atoms with van der Waals surface area (Å²) in [7, 11) is 0. The Labute approximate surface area is 166 Å². The molecular formula is C24H28N2O2. The van der Waals surface area contributed by atoms with Crippen LogP contribution in [0.1, 0.15) is 56.1 Å². The number of amides is 1. The second-order valence-corrected chi connectivity index (χ2v) is 8.56. The van der Waals surface area contributed by atoms with Crippen LogP contribution in [-0.2, 0) is 12.0 Å². The van der Waals surface area contributed by atoms with Crippen molar-refractivity contribution in [1.29, 1.82) is 0 Å². The van der Waals surface area contributed by atoms with E-state index in [-0.39, 0.29) is 22.9 Å². The number of hydrogen-bond donors (Lipinski definition) is 1. The number of carbonyl (C=O) groups excluding carboxylic acids is 1. The maximum absolute atomic E-state index is 13.2. The number of nitrogens with zero attached hydrogens (tertiary/aromatic N) is 1. The minimum absolute atomic E-state index is 0.00726. The van der Waals surface area contributed by atoms with Crippen LogP contribution in [0.4, 0.5) is 0 Å². The fourth-order valence-corrected chi connectivity index (χ4v) is 3.36. The predicted octanol–water partition coefficient (Wildman–Crippen LogP) is 4.88. The molecule has 0 aliphatic carbocycles. The smallest absolute Gasteiger partial charge is 0.254 e. The summed E-state index contributed by atoms with van der Waals surface area (Å²) in [6.07, 6.45) is 0. The number of nitrogens with one attached hydrogen (secondary N) is 1. The molecule has 0 spiro atoms. The molecular weight excluding hydrogens is 348 g/mol. The Morgan fingerprint density at radius 1 is 1.04 bits per heavy atom. The van der Waals surface area contributed by atoms with Crippen molar-refractivity contribution in [1.82, 2.24) is 9.88 Å². The van der Waals surface area contributed by atoms with Crippen molar-refractivity contribution in [2.24, 2.45) is 0 Å². The third kappa shape index (κ3) is 4.16. The lowest BCUT2D eigenvalue weighted by Gasteiger charge is -2.28. The van der Waals surface area contributed by atoms with E-state index in [0.29, 0.717) is 12.1 Å². The number of aromatic nitrogens is 1. The lowest BCUT2D eigenvalue weighted by Crippen LogP contribution is -2.36. The van der Waals surface area contributed by atoms with E-state index in [2.05, 4.69) is 25.8 Å². The monoisotopic (exact) mass is 376 g/mol. The first kappa shape index (κ1) is 19.9. The standard InChI is InChI=1S/C24H28N2O2/c1-16(2)26(23(28)17-10-12-19(13-11-17)24(3,4)5)15-18-14-22(27)25-21-9-7-6-8-20(18)21/h6-14,16H,15H2,1-5H3,(H,25,27). The van der Waals surface area contributed by atoms with Crippen LogP contribution in [0.3, 0.4) is 0 Å². The van der Waals surface area contributed by atoms with Gasteiger partial charge in [0, 0.05) is 35.1 Å². The van der Waals surface area contributed by atoms with Gasteiger partial charge >= 0.3 is 0 Å². The predicted molar refractivity (Wildman–Crippen MR) is 115 cm³/mol. The Bertz CT molecular complexity index is 1040. The molecule has 28 heavy (non-hydrogen) atoms. The molecule has 0 fully saturated rings. The van der Waals surface area contributed by atoms with Crippen LogP contribution in [0.5, 0.6) is 0 Å². The SMILES string of the molecule is CC(C)N(Cc1cc(=O)[nH]c2ccccc12)C(=O)c1ccc(C(C)(C)C)cc1. The van der Waals surface area contributed by atoms with Crippen LogP contribution in [0.15, 0.2) is 59.4 Å². The highest BCUT2D eigenvalue weighted by Gasteiger charge is 2.21. The summed E-state index contributed by atoms with van der Waals surface area (Å²) in [5, 5.41) is 0.962. The lowest BCUT2D eigenvalue weighted by atomic mass is 9.86. The van der Waals surface area contributed by atoms with E-state index in [1.54, 1.807) is 6.07 Å². The quantitative estimate of drug-likeness (QED) is 0.706. The topological polar surface area (TPSA) is 53.2 Å². The molecule has 0 saturated carbocycles. The van der Waals surface area contributed by atoms with Gasteiger partial charge in [0.05, 0.1) is 0 Å². The van der Waals surface area contributed by atoms with E-state index in [1.807, 2.05) is 67.3 Å². The van der Waals surface area contributed by atoms with E-state index in [1.165, 1.54) is 5.56 Å². The molecule has 146 valence electrons. The third-order valence-electron chi connectivity index (χ3n) is 5.06. The second kappa shape index (κ2) is 7.63. The summed E-state index contributed by atoms with van der Waals surface area (Å²) in [4.78, 5) is 29.9. The van der Waals surface area contributed by atoms with Gasteiger partial charge in [0.15, 0.2) is 0 Å². The van der Waals surface area contributed by atoms with E-state index in [9.17, 15) is 9.59 Å². The number of H-pyrrole nitrogens is 1. The Kier molecular flexibility index (Phi) is 5.41. The first-order valence-corrected chi connectivity index (χ1v) is 9.69. The summed E-state index contributed by atoms with van der Waals surface area (Å²) in [6.45, 7) is 10.8. The summed E-state index contributed by atoms with van der Waals surface area (Å²) >= 11 is 0. The zero-order valence-electron chi connectivity index (χ0n) is 17.2. The molecule has 1 N–H and O–H groups in total. The van der Waals surface area contributed by atoms with Gasteiger partial charge < -0.3 is 9.88 Å². The lowest BCUT2D eigenvalue weighted by molar-refractivity contribution is 0.0691. The Hall–Kier alpha value is -2.88. The first-order chi connectivity index (χ1) is 13.2. The largest absolute Gasteiger partial charge is 0.332 e. The molecule has 0 radical (unpaired) electrons. The summed E-state index contributed by atoms with van der Waals surface area (Å²) in [5.41, 5.74) is 3.39. The van der Waals surface area contributed by atoms with E-state index < -0.39 is 0 Å². The highest BCUT2D eigenvalue weighted by molar-refractivity contribution is 5.94. The molecule has 3 aromatic rings. The van der Waals surface area contributed by atoms with Crippen molar-refractivity contribution in [3.8, 4) is 0 Å². The number of fused-ring (bicyclic) bond motifs is 1. The molecule has 4 nitrogen and oxygen atoms in total. The number of hydrogen-bond acceptors (Lipinski definition) is 2. The van der Waals surface area contributed by atoms with Crippen molar-refractivity contribution >= 4 is 16.8 Å². The Morgan fingerprint density at radius 3 is 2.29 bits per heavy atom. The molecule has 4 heteroatoms. The summed E-state index contributed by atoms with van der Waals surface area (Å²) < 4.78 is 0. The van der Waals surface area contributed by atoms with Crippen LogP contribution in [0, 0.1) is 0 Å². The van der Waals surface area contributed by atoms with Crippen LogP contribution in [0.25, 0.3) is 10.9 Å². The fraction of sp³-hybridized carbons (Fsp3) is 0.333. The van der Waals surface area contributed by atoms with Gasteiger partial charge in [-0.2, -0.15) is 0 Å². The molecule has 0 aliphatic rings. The van der Waals surface area contributed by atoms with Crippen LogP contribution < -0.4 is 5.56 Å². The van der Waals surface area contributed by atoms with E-state index >= 15 is 0 Å². The molecule has 1 aromatic heterocycles. The third-order valence-corrected chi connectivity index (χ3v) is 5.06. The van der Waals surface area contributed by atoms with Gasteiger partial charge in [-0.05, 0) is 48.6 Å². The normalized spacial score (nSPS) is 11.8. The van der Waals surface area contributed by atoms with E-state index in [0.717, 1.165) is 16.5 Å². The number of benzene rings is 2. The van der Waals surface area contributed by atoms with Crippen molar-refractivity contribution < 1.29 is 4.79 Å². The minimum atomic E-state index is -0.153. The van der Waals surface area contributed by atoms with Crippen LogP contribution in [-0.4, -0.2) is 21.8 Å². The molecule has 0 atom stereocenters. The van der Waals surface area contributed by atoms with Gasteiger partial charge in [0.1, 0.15) is 0 Å². The summed E-state index contributed by atoms with van der Waals surface area (Å²) in [5.74, 6) is -0.0279. The first-order valence-electron chi connectivity index (χ1n) is 9.69. The molecule has 0 unspecified atom stereocenters. The summed E-state index contributed by atoms with van der Waals surface area (Å²) in [6, 6.07) is 17.1. The molecule has 0 aliphatic heterocycles. The number of para-hydroxylation sites is 1. The number of pyridine rings is 1. The van der Waals surface area contributed by atoms with Crippen molar-refractivity contribution in [3.05, 3.63) is 81.6 Å². The molecule has 0 bridgehead atoms. The van der Waals surface area contributed by atoms with Crippen molar-refractivity contribution in [2.75, 3.05) is 0 Å². The van der Waals surface area contributed by atoms with E-state index in [4.69, 9.17) is 0 Å². The average Bonchev–Trinajstić information content (AvgIpc) is 2.64. The zero-order chi connectivity index (χ0) is 20.5. The van der Waals surface area contributed by atoms with Gasteiger partial charge in [0.25, 0.3) is 5.91 Å². The number of rotatable bonds is 4. The highest BCUT2D eigenvalue weighted by Crippen LogP contribution is 2.24. The van der Waals surface area contributed by atoms with Crippen LogP contribution in [0.2, 0.25) is 0 Å². The molecule has 3 rings (SSSR count). The molecule has 1 amide bonds. The average molecular weight is 377 g/mol. The number of aromatic amines is 1. The second-order valence-electron chi connectivity index (χ2n) is 8.56. The highest BCUT2D eigenvalue weighted by atomic mass is 16.2. The van der Waals surface area contributed by atoms with Crippen molar-refractivity contribution in [2.45, 2.75) is 52.6 Å². The fourth-order valence-electron chi connectivity index (χ4n) is 3.36. The van der Waals surface area contributed by atoms with Crippen LogP contribution >= 0.6 is 0 Å². The molecule has 1 heterocycles. The van der Waals surface area contributed by atoms with Gasteiger partial charge in [-0.1, -0.05) is 51.1 Å². The zero-order valence-corrected chi connectivity index (χ0v) is 17.2. The maximum atomic E-state index is 13.2. The Balaban J connectivity index is 1.95. The maximum Gasteiger partial charge on any atom is 0.254 e. The van der Waals surface area contributed by atoms with Gasteiger partial charge in [0.2, 0.25) is 5.56 Å². The van der Waals surface area contributed by atoms with Gasteiger partial charge in [-0.25, -0.2) is 0 Å². The molecule has 0 saturated heterocycles. The number of carbonyl (C=O) groups is 1. The van der Waals surface area contributed by atoms with Crippen molar-refractivity contribution in [3.63, 3.8) is 0 Å². The Morgan fingerprint density at radius 2 is 1.68 bits per heavy atom.